The summed E-state index contributed by atoms with van der Waals surface area (Å²) < 4.78 is 86.4. The van der Waals surface area contributed by atoms with E-state index in [1.54, 1.807) is 0 Å². The Labute approximate surface area is 302 Å². The number of aromatic nitrogens is 10. The summed E-state index contributed by atoms with van der Waals surface area (Å²) in [6, 6.07) is 5.53. The second kappa shape index (κ2) is 16.5. The van der Waals surface area contributed by atoms with Crippen molar-refractivity contribution in [3.05, 3.63) is 143 Å². The van der Waals surface area contributed by atoms with Crippen LogP contribution in [0.3, 0.4) is 0 Å². The second-order valence-electron chi connectivity index (χ2n) is 11.3. The van der Waals surface area contributed by atoms with Crippen molar-refractivity contribution in [2.45, 2.75) is 50.0 Å². The molecule has 6 aromatic rings. The van der Waals surface area contributed by atoms with Gasteiger partial charge in [0.1, 0.15) is 72.4 Å². The second-order valence-corrected chi connectivity index (χ2v) is 11.7. The van der Waals surface area contributed by atoms with Gasteiger partial charge in [0.25, 0.3) is 0 Å². The van der Waals surface area contributed by atoms with Gasteiger partial charge in [-0.1, -0.05) is 37.6 Å². The van der Waals surface area contributed by atoms with E-state index < -0.39 is 63.1 Å². The quantitative estimate of drug-likeness (QED) is 0.136. The van der Waals surface area contributed by atoms with Crippen molar-refractivity contribution in [2.75, 3.05) is 0 Å². The number of hydrogen-bond acceptors (Lipinski definition) is 10. The molecule has 0 radical (unpaired) electrons. The summed E-state index contributed by atoms with van der Waals surface area (Å²) in [6.45, 7) is 2.42. The lowest BCUT2D eigenvalue weighted by Crippen LogP contribution is -2.39. The molecule has 0 fully saturated rings. The smallest absolute Gasteiger partial charge is 0.182 e. The molecular formula is C32H28Cl2F6N10O2. The fourth-order valence-corrected chi connectivity index (χ4v) is 5.61. The maximum absolute atomic E-state index is 14.4. The Morgan fingerprint density at radius 3 is 1.58 bits per heavy atom. The van der Waals surface area contributed by atoms with Gasteiger partial charge in [-0.3, -0.25) is 0 Å². The molecule has 0 aliphatic carbocycles. The Kier molecular flexibility index (Phi) is 12.6. The Hall–Kier alpha value is -5.04. The molecule has 2 N–H and O–H groups in total. The Balaban J connectivity index is 0.000000228. The normalized spacial score (nSPS) is 14.6. The zero-order valence-corrected chi connectivity index (χ0v) is 28.6. The van der Waals surface area contributed by atoms with Crippen molar-refractivity contribution in [1.29, 1.82) is 0 Å². The first kappa shape index (κ1) is 39.7. The molecule has 4 heterocycles. The maximum atomic E-state index is 14.4. The monoisotopic (exact) mass is 768 g/mol. The lowest BCUT2D eigenvalue weighted by Gasteiger charge is -2.34. The zero-order chi connectivity index (χ0) is 36.9. The largest absolute Gasteiger partial charge is 0.382 e. The van der Waals surface area contributed by atoms with Crippen LogP contribution in [0.25, 0.3) is 0 Å². The molecule has 4 atom stereocenters. The number of rotatable bonds is 10. The fourth-order valence-electron chi connectivity index (χ4n) is 5.47. The predicted molar refractivity (Wildman–Crippen MR) is 174 cm³/mol. The molecule has 0 bridgehead atoms. The van der Waals surface area contributed by atoms with E-state index in [4.69, 9.17) is 11.6 Å². The Bertz CT molecular complexity index is 2100. The van der Waals surface area contributed by atoms with Gasteiger partial charge in [-0.25, -0.2) is 65.6 Å². The van der Waals surface area contributed by atoms with Gasteiger partial charge in [0.2, 0.25) is 0 Å². The summed E-state index contributed by atoms with van der Waals surface area (Å²) in [6.07, 6.45) is 8.24. The van der Waals surface area contributed by atoms with Crippen molar-refractivity contribution < 1.29 is 36.6 Å². The predicted octanol–water partition coefficient (Wildman–Crippen LogP) is 5.43. The fraction of sp³-hybridized carbons (Fsp3) is 0.250. The lowest BCUT2D eigenvalue weighted by molar-refractivity contribution is -0.0137. The highest BCUT2D eigenvalue weighted by molar-refractivity contribution is 6.29. The highest BCUT2D eigenvalue weighted by atomic mass is 35.5. The van der Waals surface area contributed by atoms with E-state index >= 15 is 0 Å². The third-order valence-corrected chi connectivity index (χ3v) is 8.52. The van der Waals surface area contributed by atoms with Crippen LogP contribution < -0.4 is 0 Å². The van der Waals surface area contributed by atoms with E-state index in [9.17, 15) is 36.6 Å². The van der Waals surface area contributed by atoms with E-state index in [1.807, 2.05) is 0 Å². The molecule has 52 heavy (non-hydrogen) atoms. The summed E-state index contributed by atoms with van der Waals surface area (Å²) in [5.41, 5.74) is -4.73. The third-order valence-electron chi connectivity index (χ3n) is 8.26. The van der Waals surface area contributed by atoms with E-state index in [0.29, 0.717) is 12.1 Å². The van der Waals surface area contributed by atoms with Gasteiger partial charge in [-0.05, 0) is 12.1 Å². The molecule has 20 heteroatoms. The van der Waals surface area contributed by atoms with Crippen molar-refractivity contribution in [1.82, 2.24) is 49.5 Å². The van der Waals surface area contributed by atoms with Crippen molar-refractivity contribution >= 4 is 24.0 Å². The van der Waals surface area contributed by atoms with Gasteiger partial charge in [0.15, 0.2) is 16.8 Å². The molecule has 0 saturated carbocycles. The summed E-state index contributed by atoms with van der Waals surface area (Å²) in [5.74, 6) is -7.27. The SMILES string of the molecule is CC(c1ncnc(Cl)c1F)C(O)(Cn1cncn1)c1ccc(F)cc1F.CC(c1ncncc1F)C(O)(Cn1cncn1)c1ccc(F)cc1F.Cl. The lowest BCUT2D eigenvalue weighted by atomic mass is 9.79. The highest BCUT2D eigenvalue weighted by Gasteiger charge is 2.43. The molecule has 0 aliphatic heterocycles. The zero-order valence-electron chi connectivity index (χ0n) is 27.0. The molecule has 6 rings (SSSR count). The van der Waals surface area contributed by atoms with Crippen LogP contribution in [-0.2, 0) is 24.3 Å². The van der Waals surface area contributed by atoms with Crippen LogP contribution in [-0.4, -0.2) is 59.7 Å². The van der Waals surface area contributed by atoms with Gasteiger partial charge in [-0.15, -0.1) is 12.4 Å². The average molecular weight is 770 g/mol. The van der Waals surface area contributed by atoms with Crippen LogP contribution in [0.5, 0.6) is 0 Å². The Morgan fingerprint density at radius 1 is 0.654 bits per heavy atom. The minimum atomic E-state index is -2.02. The van der Waals surface area contributed by atoms with E-state index in [2.05, 4.69) is 40.1 Å². The summed E-state index contributed by atoms with van der Waals surface area (Å²) in [5, 5.41) is 30.0. The van der Waals surface area contributed by atoms with Gasteiger partial charge in [-0.2, -0.15) is 10.2 Å². The van der Waals surface area contributed by atoms with Crippen LogP contribution >= 0.6 is 24.0 Å². The molecule has 4 unspecified atom stereocenters. The molecule has 0 spiro atoms. The van der Waals surface area contributed by atoms with Gasteiger partial charge in [0, 0.05) is 35.1 Å². The van der Waals surface area contributed by atoms with Crippen LogP contribution in [0.2, 0.25) is 5.15 Å². The standard InChI is InChI=1S/C16H13ClF3N5O.C16H14F3N5O.ClH/c1-9(14-13(20)15(17)23-7-22-14)16(26,5-25-8-21-6-24-25)11-3-2-10(18)4-12(11)19;1-10(15-14(19)5-20-7-22-15)16(25,6-24-9-21-8-23-24)12-3-2-11(17)4-13(12)18;/h2-4,6-9,26H,5H2,1H3;2-5,7-10,25H,6H2,1H3;1H. The number of nitrogens with zero attached hydrogens (tertiary/aromatic N) is 10. The van der Waals surface area contributed by atoms with E-state index in [0.717, 1.165) is 43.1 Å². The highest BCUT2D eigenvalue weighted by Crippen LogP contribution is 2.41. The van der Waals surface area contributed by atoms with Gasteiger partial charge in [0.05, 0.1) is 30.7 Å². The van der Waals surface area contributed by atoms with Crippen LogP contribution in [0, 0.1) is 34.9 Å². The van der Waals surface area contributed by atoms with Gasteiger partial charge < -0.3 is 10.2 Å². The summed E-state index contributed by atoms with van der Waals surface area (Å²) >= 11 is 5.69. The molecule has 0 amide bonds. The molecule has 0 saturated heterocycles. The van der Waals surface area contributed by atoms with E-state index in [-0.39, 0.29) is 48.0 Å². The van der Waals surface area contributed by atoms with Crippen molar-refractivity contribution in [2.24, 2.45) is 0 Å². The first-order chi connectivity index (χ1) is 24.2. The number of hydrogen-bond donors (Lipinski definition) is 2. The molecule has 274 valence electrons. The van der Waals surface area contributed by atoms with Crippen LogP contribution in [0.15, 0.2) is 80.6 Å². The van der Waals surface area contributed by atoms with Crippen molar-refractivity contribution in [3.63, 3.8) is 0 Å². The van der Waals surface area contributed by atoms with E-state index in [1.165, 1.54) is 48.5 Å². The topological polar surface area (TPSA) is 153 Å². The molecule has 4 aromatic heterocycles. The molecule has 0 aliphatic rings. The molecule has 2 aromatic carbocycles. The average Bonchev–Trinajstić information content (AvgIpc) is 3.80. The van der Waals surface area contributed by atoms with Crippen LogP contribution in [0.1, 0.15) is 48.2 Å². The molecule has 12 nitrogen and oxygen atoms in total. The maximum Gasteiger partial charge on any atom is 0.182 e. The third kappa shape index (κ3) is 8.36. The minimum absolute atomic E-state index is 0. The van der Waals surface area contributed by atoms with Crippen LogP contribution in [0.4, 0.5) is 26.3 Å². The summed E-state index contributed by atoms with van der Waals surface area (Å²) in [4.78, 5) is 22.3. The first-order valence-corrected chi connectivity index (χ1v) is 15.2. The minimum Gasteiger partial charge on any atom is -0.382 e. The first-order valence-electron chi connectivity index (χ1n) is 14.9. The Morgan fingerprint density at radius 2 is 1.13 bits per heavy atom. The number of halogens is 8. The molecular weight excluding hydrogens is 741 g/mol. The van der Waals surface area contributed by atoms with Crippen molar-refractivity contribution in [3.8, 4) is 0 Å². The van der Waals surface area contributed by atoms with Gasteiger partial charge >= 0.3 is 0 Å². The number of aliphatic hydroxyl groups is 2. The summed E-state index contributed by atoms with van der Waals surface area (Å²) in [7, 11) is 0. The number of benzene rings is 2.